The number of carboxylic acids is 1. The van der Waals surface area contributed by atoms with Crippen LogP contribution in [-0.4, -0.2) is 42.1 Å². The van der Waals surface area contributed by atoms with E-state index in [0.717, 1.165) is 5.56 Å². The van der Waals surface area contributed by atoms with Crippen LogP contribution in [0.25, 0.3) is 0 Å². The third kappa shape index (κ3) is 4.37. The quantitative estimate of drug-likeness (QED) is 0.814. The molecule has 0 saturated carbocycles. The molecule has 104 valence electrons. The second kappa shape index (κ2) is 7.53. The Morgan fingerprint density at radius 1 is 1.32 bits per heavy atom. The first-order valence-corrected chi connectivity index (χ1v) is 6.18. The molecule has 0 aliphatic rings. The lowest BCUT2D eigenvalue weighted by atomic mass is 10.1. The monoisotopic (exact) mass is 265 g/mol. The van der Waals surface area contributed by atoms with Crippen LogP contribution in [0, 0.1) is 0 Å². The van der Waals surface area contributed by atoms with Crippen molar-refractivity contribution in [1.82, 2.24) is 4.90 Å². The fourth-order valence-electron chi connectivity index (χ4n) is 1.87. The maximum Gasteiger partial charge on any atom is 0.323 e. The predicted octanol–water partition coefficient (Wildman–Crippen LogP) is 1.70. The molecule has 0 spiro atoms. The van der Waals surface area contributed by atoms with E-state index in [9.17, 15) is 9.59 Å². The molecule has 0 aliphatic carbocycles. The highest BCUT2D eigenvalue weighted by molar-refractivity contribution is 5.85. The summed E-state index contributed by atoms with van der Waals surface area (Å²) < 4.78 is 5.22. The van der Waals surface area contributed by atoms with Crippen LogP contribution in [0.15, 0.2) is 30.3 Å². The maximum absolute atomic E-state index is 12.3. The van der Waals surface area contributed by atoms with Gasteiger partial charge in [0.1, 0.15) is 6.54 Å². The number of carbonyl (C=O) groups is 2. The molecule has 0 aromatic heterocycles. The van der Waals surface area contributed by atoms with Crippen molar-refractivity contribution in [2.45, 2.75) is 19.4 Å². The number of methoxy groups -OCH3 is 1. The molecule has 0 radical (unpaired) electrons. The number of carbonyl (C=O) groups excluding carboxylic acids is 1. The number of hydrogen-bond acceptors (Lipinski definition) is 3. The molecule has 5 nitrogen and oxygen atoms in total. The molecule has 0 heterocycles. The minimum absolute atomic E-state index is 0.306. The number of carboxylic acid groups (broad SMARTS) is 1. The SMILES string of the molecule is CCCN(CC(=O)O)C(=O)[C@H](OC)c1ccccc1. The average Bonchev–Trinajstić information content (AvgIpc) is 2.39. The molecule has 0 fully saturated rings. The fourth-order valence-corrected chi connectivity index (χ4v) is 1.87. The highest BCUT2D eigenvalue weighted by Crippen LogP contribution is 2.19. The molecule has 0 bridgehead atoms. The molecule has 1 atom stereocenters. The van der Waals surface area contributed by atoms with Crippen LogP contribution in [0.3, 0.4) is 0 Å². The summed E-state index contributed by atoms with van der Waals surface area (Å²) in [5.74, 6) is -1.34. The Morgan fingerprint density at radius 2 is 1.95 bits per heavy atom. The van der Waals surface area contributed by atoms with Crippen molar-refractivity contribution in [3.05, 3.63) is 35.9 Å². The summed E-state index contributed by atoms with van der Waals surface area (Å²) in [7, 11) is 1.44. The van der Waals surface area contributed by atoms with E-state index in [1.54, 1.807) is 12.1 Å². The molecular formula is C14H19NO4. The Hall–Kier alpha value is -1.88. The second-order valence-corrected chi connectivity index (χ2v) is 4.18. The molecule has 0 unspecified atom stereocenters. The second-order valence-electron chi connectivity index (χ2n) is 4.18. The van der Waals surface area contributed by atoms with Gasteiger partial charge in [0.05, 0.1) is 0 Å². The Labute approximate surface area is 112 Å². The van der Waals surface area contributed by atoms with Gasteiger partial charge >= 0.3 is 5.97 Å². The summed E-state index contributed by atoms with van der Waals surface area (Å²) >= 11 is 0. The first kappa shape index (κ1) is 15.2. The number of amides is 1. The van der Waals surface area contributed by atoms with Crippen LogP contribution >= 0.6 is 0 Å². The maximum atomic E-state index is 12.3. The van der Waals surface area contributed by atoms with E-state index in [1.165, 1.54) is 12.0 Å². The minimum Gasteiger partial charge on any atom is -0.480 e. The Balaban J connectivity index is 2.89. The smallest absolute Gasteiger partial charge is 0.323 e. The lowest BCUT2D eigenvalue weighted by Gasteiger charge is -2.25. The molecule has 5 heteroatoms. The zero-order valence-electron chi connectivity index (χ0n) is 11.2. The third-order valence-electron chi connectivity index (χ3n) is 2.69. The van der Waals surface area contributed by atoms with E-state index in [2.05, 4.69) is 0 Å². The molecule has 0 saturated heterocycles. The van der Waals surface area contributed by atoms with E-state index >= 15 is 0 Å². The van der Waals surface area contributed by atoms with E-state index in [0.29, 0.717) is 13.0 Å². The van der Waals surface area contributed by atoms with Gasteiger partial charge in [0.2, 0.25) is 0 Å². The van der Waals surface area contributed by atoms with Crippen molar-refractivity contribution < 1.29 is 19.4 Å². The number of hydrogen-bond donors (Lipinski definition) is 1. The first-order chi connectivity index (χ1) is 9.10. The van der Waals surface area contributed by atoms with Gasteiger partial charge in [0.25, 0.3) is 5.91 Å². The topological polar surface area (TPSA) is 66.8 Å². The number of nitrogens with zero attached hydrogens (tertiary/aromatic N) is 1. The van der Waals surface area contributed by atoms with Crippen molar-refractivity contribution in [3.8, 4) is 0 Å². The minimum atomic E-state index is -1.02. The number of benzene rings is 1. The highest BCUT2D eigenvalue weighted by atomic mass is 16.5. The lowest BCUT2D eigenvalue weighted by molar-refractivity contribution is -0.150. The van der Waals surface area contributed by atoms with Gasteiger partial charge in [-0.2, -0.15) is 0 Å². The van der Waals surface area contributed by atoms with Crippen LogP contribution in [0.5, 0.6) is 0 Å². The molecule has 0 aliphatic heterocycles. The Kier molecular flexibility index (Phi) is 6.02. The van der Waals surface area contributed by atoms with E-state index < -0.39 is 12.1 Å². The average molecular weight is 265 g/mol. The van der Waals surface area contributed by atoms with Gasteiger partial charge in [-0.3, -0.25) is 9.59 Å². The van der Waals surface area contributed by atoms with Gasteiger partial charge in [-0.05, 0) is 12.0 Å². The molecule has 1 rings (SSSR count). The van der Waals surface area contributed by atoms with Gasteiger partial charge in [0.15, 0.2) is 6.10 Å². The van der Waals surface area contributed by atoms with Gasteiger partial charge < -0.3 is 14.7 Å². The molecule has 1 aromatic rings. The molecule has 1 amide bonds. The highest BCUT2D eigenvalue weighted by Gasteiger charge is 2.26. The summed E-state index contributed by atoms with van der Waals surface area (Å²) in [6.45, 7) is 1.99. The molecule has 1 N–H and O–H groups in total. The van der Waals surface area contributed by atoms with E-state index in [1.807, 2.05) is 25.1 Å². The molecule has 1 aromatic carbocycles. The Bertz CT molecular complexity index is 419. The van der Waals surface area contributed by atoms with Gasteiger partial charge in [-0.1, -0.05) is 37.3 Å². The zero-order valence-corrected chi connectivity index (χ0v) is 11.2. The van der Waals surface area contributed by atoms with Crippen LogP contribution in [0.2, 0.25) is 0 Å². The van der Waals surface area contributed by atoms with Crippen LogP contribution in [0.4, 0.5) is 0 Å². The lowest BCUT2D eigenvalue weighted by Crippen LogP contribution is -2.39. The normalized spacial score (nSPS) is 11.9. The van der Waals surface area contributed by atoms with Crippen molar-refractivity contribution in [2.75, 3.05) is 20.2 Å². The van der Waals surface area contributed by atoms with Crippen molar-refractivity contribution in [1.29, 1.82) is 0 Å². The van der Waals surface area contributed by atoms with Crippen LogP contribution in [-0.2, 0) is 14.3 Å². The third-order valence-corrected chi connectivity index (χ3v) is 2.69. The standard InChI is InChI=1S/C14H19NO4/c1-3-9-15(10-12(16)17)14(18)13(19-2)11-7-5-4-6-8-11/h4-8,13H,3,9-10H2,1-2H3,(H,16,17)/t13-/m1/s1. The van der Waals surface area contributed by atoms with E-state index in [-0.39, 0.29) is 12.5 Å². The fraction of sp³-hybridized carbons (Fsp3) is 0.429. The largest absolute Gasteiger partial charge is 0.480 e. The van der Waals surface area contributed by atoms with Crippen molar-refractivity contribution in [2.24, 2.45) is 0 Å². The van der Waals surface area contributed by atoms with Crippen LogP contribution < -0.4 is 0 Å². The number of rotatable bonds is 7. The van der Waals surface area contributed by atoms with Crippen LogP contribution in [0.1, 0.15) is 25.0 Å². The molecule has 19 heavy (non-hydrogen) atoms. The van der Waals surface area contributed by atoms with Crippen molar-refractivity contribution >= 4 is 11.9 Å². The van der Waals surface area contributed by atoms with Gasteiger partial charge in [0, 0.05) is 13.7 Å². The van der Waals surface area contributed by atoms with E-state index in [4.69, 9.17) is 9.84 Å². The first-order valence-electron chi connectivity index (χ1n) is 6.18. The zero-order chi connectivity index (χ0) is 14.3. The van der Waals surface area contributed by atoms with Gasteiger partial charge in [-0.15, -0.1) is 0 Å². The summed E-state index contributed by atoms with van der Waals surface area (Å²) in [5, 5.41) is 8.85. The number of ether oxygens (including phenoxy) is 1. The molecular weight excluding hydrogens is 246 g/mol. The van der Waals surface area contributed by atoms with Gasteiger partial charge in [-0.25, -0.2) is 0 Å². The number of aliphatic carboxylic acids is 1. The summed E-state index contributed by atoms with van der Waals surface area (Å²) in [6.07, 6.45) is -0.0587. The summed E-state index contributed by atoms with van der Waals surface area (Å²) in [6, 6.07) is 9.06. The summed E-state index contributed by atoms with van der Waals surface area (Å²) in [4.78, 5) is 24.4. The predicted molar refractivity (Wildman–Crippen MR) is 70.7 cm³/mol. The summed E-state index contributed by atoms with van der Waals surface area (Å²) in [5.41, 5.74) is 0.724. The van der Waals surface area contributed by atoms with Crippen molar-refractivity contribution in [3.63, 3.8) is 0 Å². The Morgan fingerprint density at radius 3 is 2.42 bits per heavy atom.